The summed E-state index contributed by atoms with van der Waals surface area (Å²) in [5.74, 6) is 1.72. The Kier molecular flexibility index (Phi) is 5.93. The minimum atomic E-state index is -0.598. The monoisotopic (exact) mass is 255 g/mol. The molecule has 106 valence electrons. The minimum absolute atomic E-state index is 0.131. The van der Waals surface area contributed by atoms with Gasteiger partial charge in [0.25, 0.3) is 0 Å². The Bertz CT molecular complexity index is 229. The fourth-order valence-corrected chi connectivity index (χ4v) is 3.89. The first-order valence-electron chi connectivity index (χ1n) is 7.83. The highest BCUT2D eigenvalue weighted by atomic mass is 16.3. The van der Waals surface area contributed by atoms with Gasteiger partial charge in [-0.05, 0) is 24.7 Å². The van der Waals surface area contributed by atoms with Gasteiger partial charge < -0.3 is 15.5 Å². The molecule has 2 rings (SSSR count). The standard InChI is InChI=1S/C15H29NO2/c17-11-13(18)10-16-15-9-5-4-8-14(15)12-6-2-1-3-7-12/h12-18H,1-11H2. The van der Waals surface area contributed by atoms with Gasteiger partial charge in [0, 0.05) is 12.6 Å². The Labute approximate surface area is 111 Å². The Morgan fingerprint density at radius 3 is 2.33 bits per heavy atom. The van der Waals surface area contributed by atoms with Gasteiger partial charge >= 0.3 is 0 Å². The maximum absolute atomic E-state index is 9.47. The summed E-state index contributed by atoms with van der Waals surface area (Å²) in [5.41, 5.74) is 0. The van der Waals surface area contributed by atoms with Gasteiger partial charge in [0.15, 0.2) is 0 Å². The molecule has 0 heterocycles. The van der Waals surface area contributed by atoms with E-state index in [0.717, 1.165) is 11.8 Å². The number of aliphatic hydroxyl groups excluding tert-OH is 2. The molecule has 0 saturated heterocycles. The smallest absolute Gasteiger partial charge is 0.0895 e. The van der Waals surface area contributed by atoms with Crippen LogP contribution >= 0.6 is 0 Å². The van der Waals surface area contributed by atoms with Gasteiger partial charge in [-0.25, -0.2) is 0 Å². The molecule has 18 heavy (non-hydrogen) atoms. The third-order valence-corrected chi connectivity index (χ3v) is 4.90. The molecule has 0 aromatic heterocycles. The van der Waals surface area contributed by atoms with Crippen LogP contribution in [0.1, 0.15) is 57.8 Å². The molecule has 0 spiro atoms. The van der Waals surface area contributed by atoms with Crippen molar-refractivity contribution in [1.82, 2.24) is 5.32 Å². The van der Waals surface area contributed by atoms with Crippen molar-refractivity contribution in [2.24, 2.45) is 11.8 Å². The van der Waals surface area contributed by atoms with E-state index >= 15 is 0 Å². The number of hydrogen-bond donors (Lipinski definition) is 3. The van der Waals surface area contributed by atoms with Crippen molar-refractivity contribution in [2.75, 3.05) is 13.2 Å². The summed E-state index contributed by atoms with van der Waals surface area (Å²) in [6, 6.07) is 0.572. The van der Waals surface area contributed by atoms with Crippen molar-refractivity contribution in [3.8, 4) is 0 Å². The zero-order valence-electron chi connectivity index (χ0n) is 11.5. The average molecular weight is 255 g/mol. The molecule has 3 atom stereocenters. The van der Waals surface area contributed by atoms with Crippen LogP contribution in [0.5, 0.6) is 0 Å². The fraction of sp³-hybridized carbons (Fsp3) is 1.00. The first-order chi connectivity index (χ1) is 8.81. The lowest BCUT2D eigenvalue weighted by molar-refractivity contribution is 0.0796. The fourth-order valence-electron chi connectivity index (χ4n) is 3.89. The predicted octanol–water partition coefficient (Wildman–Crippen LogP) is 2.07. The van der Waals surface area contributed by atoms with Crippen LogP contribution < -0.4 is 5.32 Å². The Morgan fingerprint density at radius 1 is 0.944 bits per heavy atom. The number of rotatable bonds is 5. The first kappa shape index (κ1) is 14.3. The van der Waals surface area contributed by atoms with E-state index in [1.165, 1.54) is 57.8 Å². The zero-order valence-corrected chi connectivity index (χ0v) is 11.5. The van der Waals surface area contributed by atoms with E-state index in [2.05, 4.69) is 5.32 Å². The molecule has 2 saturated carbocycles. The van der Waals surface area contributed by atoms with E-state index in [1.54, 1.807) is 0 Å². The van der Waals surface area contributed by atoms with Gasteiger partial charge in [-0.3, -0.25) is 0 Å². The molecule has 0 amide bonds. The number of hydrogen-bond acceptors (Lipinski definition) is 3. The molecule has 3 unspecified atom stereocenters. The quantitative estimate of drug-likeness (QED) is 0.705. The summed E-state index contributed by atoms with van der Waals surface area (Å²) in [6.45, 7) is 0.415. The Hall–Kier alpha value is -0.120. The average Bonchev–Trinajstić information content (AvgIpc) is 2.46. The van der Waals surface area contributed by atoms with Crippen LogP contribution in [0.25, 0.3) is 0 Å². The molecule has 2 fully saturated rings. The van der Waals surface area contributed by atoms with Crippen LogP contribution in [-0.4, -0.2) is 35.5 Å². The Balaban J connectivity index is 1.84. The predicted molar refractivity (Wildman–Crippen MR) is 73.4 cm³/mol. The van der Waals surface area contributed by atoms with Crippen molar-refractivity contribution in [3.05, 3.63) is 0 Å². The molecule has 0 aliphatic heterocycles. The van der Waals surface area contributed by atoms with Gasteiger partial charge in [0.05, 0.1) is 12.7 Å². The maximum Gasteiger partial charge on any atom is 0.0895 e. The van der Waals surface area contributed by atoms with Crippen molar-refractivity contribution in [3.63, 3.8) is 0 Å². The second-order valence-corrected chi connectivity index (χ2v) is 6.20. The van der Waals surface area contributed by atoms with Gasteiger partial charge in [-0.15, -0.1) is 0 Å². The third kappa shape index (κ3) is 3.94. The highest BCUT2D eigenvalue weighted by Gasteiger charge is 2.32. The van der Waals surface area contributed by atoms with Crippen molar-refractivity contribution >= 4 is 0 Å². The first-order valence-corrected chi connectivity index (χ1v) is 7.83. The molecule has 3 heteroatoms. The molecule has 3 N–H and O–H groups in total. The summed E-state index contributed by atoms with van der Waals surface area (Å²) in [4.78, 5) is 0. The molecule has 0 aromatic rings. The summed E-state index contributed by atoms with van der Waals surface area (Å²) >= 11 is 0. The van der Waals surface area contributed by atoms with Crippen LogP contribution in [0.2, 0.25) is 0 Å². The van der Waals surface area contributed by atoms with Gasteiger partial charge in [-0.1, -0.05) is 44.9 Å². The summed E-state index contributed by atoms with van der Waals surface area (Å²) in [5, 5.41) is 21.9. The van der Waals surface area contributed by atoms with Crippen LogP contribution in [0.4, 0.5) is 0 Å². The topological polar surface area (TPSA) is 52.5 Å². The van der Waals surface area contributed by atoms with E-state index in [9.17, 15) is 5.11 Å². The van der Waals surface area contributed by atoms with E-state index in [0.29, 0.717) is 12.6 Å². The lowest BCUT2D eigenvalue weighted by atomic mass is 9.71. The molecule has 3 nitrogen and oxygen atoms in total. The van der Waals surface area contributed by atoms with E-state index in [1.807, 2.05) is 0 Å². The molecule has 0 bridgehead atoms. The molecule has 2 aliphatic carbocycles. The number of aliphatic hydroxyl groups is 2. The van der Waals surface area contributed by atoms with Gasteiger partial charge in [0.1, 0.15) is 0 Å². The maximum atomic E-state index is 9.47. The summed E-state index contributed by atoms with van der Waals surface area (Å²) in [6.07, 6.45) is 11.8. The minimum Gasteiger partial charge on any atom is -0.394 e. The van der Waals surface area contributed by atoms with E-state index < -0.39 is 6.10 Å². The highest BCUT2D eigenvalue weighted by Crippen LogP contribution is 2.38. The lowest BCUT2D eigenvalue weighted by Gasteiger charge is -2.39. The summed E-state index contributed by atoms with van der Waals surface area (Å²) < 4.78 is 0. The zero-order chi connectivity index (χ0) is 12.8. The lowest BCUT2D eigenvalue weighted by Crippen LogP contribution is -2.45. The summed E-state index contributed by atoms with van der Waals surface area (Å²) in [7, 11) is 0. The molecular weight excluding hydrogens is 226 g/mol. The normalized spacial score (nSPS) is 32.3. The molecule has 0 aromatic carbocycles. The SMILES string of the molecule is OCC(O)CNC1CCCCC1C1CCCCC1. The van der Waals surface area contributed by atoms with E-state index in [4.69, 9.17) is 5.11 Å². The molecule has 2 aliphatic rings. The van der Waals surface area contributed by atoms with Crippen LogP contribution in [0, 0.1) is 11.8 Å². The van der Waals surface area contributed by atoms with Crippen molar-refractivity contribution < 1.29 is 10.2 Å². The number of nitrogens with one attached hydrogen (secondary N) is 1. The van der Waals surface area contributed by atoms with Crippen LogP contribution in [-0.2, 0) is 0 Å². The van der Waals surface area contributed by atoms with Crippen LogP contribution in [0.15, 0.2) is 0 Å². The van der Waals surface area contributed by atoms with Crippen molar-refractivity contribution in [1.29, 1.82) is 0 Å². The van der Waals surface area contributed by atoms with Crippen molar-refractivity contribution in [2.45, 2.75) is 69.9 Å². The third-order valence-electron chi connectivity index (χ3n) is 4.90. The van der Waals surface area contributed by atoms with Gasteiger partial charge in [-0.2, -0.15) is 0 Å². The Morgan fingerprint density at radius 2 is 1.61 bits per heavy atom. The molecule has 0 radical (unpaired) electrons. The van der Waals surface area contributed by atoms with E-state index in [-0.39, 0.29) is 6.61 Å². The highest BCUT2D eigenvalue weighted by molar-refractivity contribution is 4.87. The second-order valence-electron chi connectivity index (χ2n) is 6.20. The second kappa shape index (κ2) is 7.46. The molecular formula is C15H29NO2. The largest absolute Gasteiger partial charge is 0.394 e. The van der Waals surface area contributed by atoms with Gasteiger partial charge in [0.2, 0.25) is 0 Å². The van der Waals surface area contributed by atoms with Crippen LogP contribution in [0.3, 0.4) is 0 Å².